The van der Waals surface area contributed by atoms with Crippen molar-refractivity contribution in [3.8, 4) is 0 Å². The Bertz CT molecular complexity index is 881. The first-order chi connectivity index (χ1) is 13.0. The molecule has 0 radical (unpaired) electrons. The van der Waals surface area contributed by atoms with Gasteiger partial charge in [0.15, 0.2) is 0 Å². The number of para-hydroxylation sites is 1. The third-order valence-corrected chi connectivity index (χ3v) is 4.76. The first-order valence-electron chi connectivity index (χ1n) is 9.25. The van der Waals surface area contributed by atoms with Crippen molar-refractivity contribution < 1.29 is 4.79 Å². The number of hydrogen-bond donors (Lipinski definition) is 2. The zero-order valence-electron chi connectivity index (χ0n) is 16.1. The molecule has 0 aromatic heterocycles. The molecule has 0 heterocycles. The van der Waals surface area contributed by atoms with Crippen LogP contribution in [0.5, 0.6) is 0 Å². The molecule has 0 bridgehead atoms. The van der Waals surface area contributed by atoms with E-state index in [0.717, 1.165) is 27.9 Å². The van der Waals surface area contributed by atoms with Crippen molar-refractivity contribution >= 4 is 11.6 Å². The van der Waals surface area contributed by atoms with E-state index in [1.807, 2.05) is 50.2 Å². The van der Waals surface area contributed by atoms with Crippen molar-refractivity contribution in [2.24, 2.45) is 0 Å². The van der Waals surface area contributed by atoms with Gasteiger partial charge < -0.3 is 5.32 Å². The molecule has 0 fully saturated rings. The van der Waals surface area contributed by atoms with Crippen molar-refractivity contribution in [3.63, 3.8) is 0 Å². The van der Waals surface area contributed by atoms with Crippen LogP contribution in [0.25, 0.3) is 0 Å². The number of hydrogen-bond acceptors (Lipinski definition) is 2. The minimum absolute atomic E-state index is 0.0319. The molecule has 0 saturated carbocycles. The molecule has 3 nitrogen and oxygen atoms in total. The molecule has 3 rings (SSSR count). The molecule has 0 saturated heterocycles. The molecule has 0 aliphatic heterocycles. The van der Waals surface area contributed by atoms with E-state index in [1.165, 1.54) is 5.56 Å². The lowest BCUT2D eigenvalue weighted by Crippen LogP contribution is -2.32. The highest BCUT2D eigenvalue weighted by Crippen LogP contribution is 2.23. The highest BCUT2D eigenvalue weighted by molar-refractivity contribution is 5.93. The Balaban J connectivity index is 1.75. The Hall–Kier alpha value is -2.91. The molecule has 2 N–H and O–H groups in total. The summed E-state index contributed by atoms with van der Waals surface area (Å²) in [6, 6.07) is 24.6. The van der Waals surface area contributed by atoms with Gasteiger partial charge in [-0.25, -0.2) is 0 Å². The summed E-state index contributed by atoms with van der Waals surface area (Å²) >= 11 is 0. The van der Waals surface area contributed by atoms with Crippen LogP contribution in [0.2, 0.25) is 0 Å². The van der Waals surface area contributed by atoms with Gasteiger partial charge in [-0.05, 0) is 43.0 Å². The lowest BCUT2D eigenvalue weighted by molar-refractivity contribution is -0.115. The van der Waals surface area contributed by atoms with E-state index in [4.69, 9.17) is 0 Å². The van der Waals surface area contributed by atoms with E-state index in [2.05, 4.69) is 54.0 Å². The van der Waals surface area contributed by atoms with Gasteiger partial charge in [-0.2, -0.15) is 0 Å². The maximum atomic E-state index is 12.6. The van der Waals surface area contributed by atoms with Crippen LogP contribution in [0.4, 0.5) is 5.69 Å². The fourth-order valence-corrected chi connectivity index (χ4v) is 3.22. The molecule has 0 spiro atoms. The number of carbonyl (C=O) groups excluding carboxylic acids is 1. The van der Waals surface area contributed by atoms with Crippen LogP contribution >= 0.6 is 0 Å². The maximum Gasteiger partial charge on any atom is 0.238 e. The van der Waals surface area contributed by atoms with Gasteiger partial charge in [0.25, 0.3) is 0 Å². The number of nitrogens with one attached hydrogen (secondary N) is 2. The van der Waals surface area contributed by atoms with Gasteiger partial charge in [-0.15, -0.1) is 0 Å². The second-order valence-corrected chi connectivity index (χ2v) is 6.95. The SMILES string of the molecule is Cc1ccc([C@H](NCC(=O)Nc2c(C)cccc2C)c2ccccc2)cc1. The zero-order chi connectivity index (χ0) is 19.2. The third kappa shape index (κ3) is 4.83. The highest BCUT2D eigenvalue weighted by Gasteiger charge is 2.15. The lowest BCUT2D eigenvalue weighted by atomic mass is 9.98. The summed E-state index contributed by atoms with van der Waals surface area (Å²) in [5, 5.41) is 6.46. The first-order valence-corrected chi connectivity index (χ1v) is 9.25. The fraction of sp³-hybridized carbons (Fsp3) is 0.208. The van der Waals surface area contributed by atoms with Crippen LogP contribution in [0.3, 0.4) is 0 Å². The van der Waals surface area contributed by atoms with E-state index >= 15 is 0 Å². The molecular weight excluding hydrogens is 332 g/mol. The Morgan fingerprint density at radius 3 is 2.00 bits per heavy atom. The second kappa shape index (κ2) is 8.65. The quantitative estimate of drug-likeness (QED) is 0.656. The van der Waals surface area contributed by atoms with Gasteiger partial charge in [0.05, 0.1) is 12.6 Å². The van der Waals surface area contributed by atoms with Crippen LogP contribution in [0, 0.1) is 20.8 Å². The molecule has 0 unspecified atom stereocenters. The molecule has 1 atom stereocenters. The largest absolute Gasteiger partial charge is 0.324 e. The summed E-state index contributed by atoms with van der Waals surface area (Å²) < 4.78 is 0. The van der Waals surface area contributed by atoms with Crippen molar-refractivity contribution in [2.45, 2.75) is 26.8 Å². The van der Waals surface area contributed by atoms with Crippen molar-refractivity contribution in [1.82, 2.24) is 5.32 Å². The Morgan fingerprint density at radius 1 is 0.778 bits per heavy atom. The zero-order valence-corrected chi connectivity index (χ0v) is 16.1. The van der Waals surface area contributed by atoms with Gasteiger partial charge in [0.1, 0.15) is 0 Å². The van der Waals surface area contributed by atoms with Crippen molar-refractivity contribution in [3.05, 3.63) is 101 Å². The van der Waals surface area contributed by atoms with E-state index in [0.29, 0.717) is 0 Å². The smallest absolute Gasteiger partial charge is 0.238 e. The number of anilines is 1. The number of aryl methyl sites for hydroxylation is 3. The van der Waals surface area contributed by atoms with Gasteiger partial charge in [0, 0.05) is 5.69 Å². The van der Waals surface area contributed by atoms with E-state index in [1.54, 1.807) is 0 Å². The van der Waals surface area contributed by atoms with Crippen LogP contribution in [-0.4, -0.2) is 12.5 Å². The Labute approximate surface area is 161 Å². The summed E-state index contributed by atoms with van der Waals surface area (Å²) in [7, 11) is 0. The highest BCUT2D eigenvalue weighted by atomic mass is 16.1. The minimum Gasteiger partial charge on any atom is -0.324 e. The van der Waals surface area contributed by atoms with Crippen molar-refractivity contribution in [1.29, 1.82) is 0 Å². The fourth-order valence-electron chi connectivity index (χ4n) is 3.22. The average Bonchev–Trinajstić information content (AvgIpc) is 2.67. The van der Waals surface area contributed by atoms with Crippen LogP contribution in [-0.2, 0) is 4.79 Å². The van der Waals surface area contributed by atoms with Gasteiger partial charge in [-0.1, -0.05) is 78.4 Å². The van der Waals surface area contributed by atoms with Crippen LogP contribution in [0.1, 0.15) is 33.9 Å². The molecule has 0 aliphatic carbocycles. The molecular formula is C24H26N2O. The third-order valence-electron chi connectivity index (χ3n) is 4.76. The summed E-state index contributed by atoms with van der Waals surface area (Å²) in [5.74, 6) is -0.0413. The van der Waals surface area contributed by atoms with Crippen LogP contribution in [0.15, 0.2) is 72.8 Å². The topological polar surface area (TPSA) is 41.1 Å². The second-order valence-electron chi connectivity index (χ2n) is 6.95. The molecule has 0 aliphatic rings. The average molecular weight is 358 g/mol. The van der Waals surface area contributed by atoms with Crippen LogP contribution < -0.4 is 10.6 Å². The summed E-state index contributed by atoms with van der Waals surface area (Å²) in [5.41, 5.74) is 6.55. The summed E-state index contributed by atoms with van der Waals surface area (Å²) in [4.78, 5) is 12.6. The van der Waals surface area contributed by atoms with E-state index in [9.17, 15) is 4.79 Å². The molecule has 1 amide bonds. The predicted molar refractivity (Wildman–Crippen MR) is 112 cm³/mol. The van der Waals surface area contributed by atoms with Gasteiger partial charge in [-0.3, -0.25) is 10.1 Å². The monoisotopic (exact) mass is 358 g/mol. The van der Waals surface area contributed by atoms with E-state index < -0.39 is 0 Å². The molecule has 138 valence electrons. The normalized spacial score (nSPS) is 11.8. The molecule has 3 heteroatoms. The Kier molecular flexibility index (Phi) is 6.05. The maximum absolute atomic E-state index is 12.6. The summed E-state index contributed by atoms with van der Waals surface area (Å²) in [6.07, 6.45) is 0. The summed E-state index contributed by atoms with van der Waals surface area (Å²) in [6.45, 7) is 6.33. The van der Waals surface area contributed by atoms with Gasteiger partial charge in [0.2, 0.25) is 5.91 Å². The number of carbonyl (C=O) groups is 1. The molecule has 3 aromatic rings. The number of rotatable bonds is 6. The molecule has 3 aromatic carbocycles. The van der Waals surface area contributed by atoms with Gasteiger partial charge >= 0.3 is 0 Å². The minimum atomic E-state index is -0.0413. The van der Waals surface area contributed by atoms with Crippen molar-refractivity contribution in [2.75, 3.05) is 11.9 Å². The first kappa shape index (κ1) is 18.9. The predicted octanol–water partition coefficient (Wildman–Crippen LogP) is 4.93. The van der Waals surface area contributed by atoms with E-state index in [-0.39, 0.29) is 18.5 Å². The lowest BCUT2D eigenvalue weighted by Gasteiger charge is -2.20. The number of benzene rings is 3. The Morgan fingerprint density at radius 2 is 1.37 bits per heavy atom. The standard InChI is InChI=1S/C24H26N2O/c1-17-12-14-21(15-13-17)24(20-10-5-4-6-11-20)25-16-22(27)26-23-18(2)8-7-9-19(23)3/h4-15,24-25H,16H2,1-3H3,(H,26,27)/t24-/m1/s1. The molecule has 27 heavy (non-hydrogen) atoms. The number of amides is 1.